The molecule has 2 aliphatic heterocycles. The molecule has 0 spiro atoms. The fraction of sp³-hybridized carbons (Fsp3) is 0.591. The predicted molar refractivity (Wildman–Crippen MR) is 115 cm³/mol. The molecule has 0 bridgehead atoms. The normalized spacial score (nSPS) is 11.5. The van der Waals surface area contributed by atoms with E-state index in [4.69, 9.17) is 0 Å². The van der Waals surface area contributed by atoms with Crippen molar-refractivity contribution in [2.75, 3.05) is 0 Å². The van der Waals surface area contributed by atoms with Gasteiger partial charge in [-0.25, -0.2) is 14.8 Å². The van der Waals surface area contributed by atoms with Gasteiger partial charge in [-0.3, -0.25) is 9.36 Å². The molecule has 0 amide bonds. The average Bonchev–Trinajstić information content (AvgIpc) is 2.73. The molecule has 0 atom stereocenters. The van der Waals surface area contributed by atoms with Crippen molar-refractivity contribution in [3.8, 4) is 11.5 Å². The number of fused-ring (bicyclic) bond motifs is 2. The molecule has 3 rings (SSSR count). The minimum Gasteiger partial charge on any atom is -0.321 e. The Labute approximate surface area is 171 Å². The van der Waals surface area contributed by atoms with Crippen molar-refractivity contribution in [1.82, 2.24) is 24.1 Å². The third-order valence-corrected chi connectivity index (χ3v) is 5.47. The Bertz CT molecular complexity index is 1020. The molecule has 0 aromatic carbocycles. The molecule has 0 radical (unpaired) electrons. The van der Waals surface area contributed by atoms with E-state index in [0.29, 0.717) is 18.0 Å². The van der Waals surface area contributed by atoms with Crippen molar-refractivity contribution in [3.05, 3.63) is 39.2 Å². The fourth-order valence-electron chi connectivity index (χ4n) is 3.73. The second kappa shape index (κ2) is 10.3. The first-order chi connectivity index (χ1) is 14.1. The lowest BCUT2D eigenvalue weighted by Gasteiger charge is -2.16. The molecule has 3 heterocycles. The van der Waals surface area contributed by atoms with Gasteiger partial charge in [0.05, 0.1) is 5.52 Å². The van der Waals surface area contributed by atoms with Gasteiger partial charge in [-0.15, -0.1) is 0 Å². The molecule has 0 fully saturated rings. The number of aryl methyl sites for hydroxylation is 1. The third kappa shape index (κ3) is 5.08. The lowest BCUT2D eigenvalue weighted by atomic mass is 10.1. The molecule has 0 saturated heterocycles. The highest BCUT2D eigenvalue weighted by molar-refractivity contribution is 5.75. The summed E-state index contributed by atoms with van der Waals surface area (Å²) in [6.45, 7) is 2.94. The maximum Gasteiger partial charge on any atom is 0.352 e. The lowest BCUT2D eigenvalue weighted by Crippen LogP contribution is -2.36. The van der Waals surface area contributed by atoms with Gasteiger partial charge in [0.1, 0.15) is 0 Å². The van der Waals surface area contributed by atoms with Gasteiger partial charge in [0.25, 0.3) is 5.56 Å². The van der Waals surface area contributed by atoms with E-state index in [1.165, 1.54) is 58.4 Å². The Kier molecular flexibility index (Phi) is 7.49. The summed E-state index contributed by atoms with van der Waals surface area (Å²) in [6, 6.07) is 3.75. The Hall–Kier alpha value is -2.57. The second-order valence-electron chi connectivity index (χ2n) is 7.72. The van der Waals surface area contributed by atoms with Gasteiger partial charge < -0.3 is 4.57 Å². The summed E-state index contributed by atoms with van der Waals surface area (Å²) in [5.74, 6) is 0.356. The molecule has 29 heavy (non-hydrogen) atoms. The number of pyridine rings is 1. The number of hydrogen-bond donors (Lipinski definition) is 0. The van der Waals surface area contributed by atoms with Crippen LogP contribution in [0.15, 0.2) is 27.9 Å². The molecular formula is C22H31N5O2. The van der Waals surface area contributed by atoms with Crippen molar-refractivity contribution in [1.29, 1.82) is 0 Å². The van der Waals surface area contributed by atoms with Crippen molar-refractivity contribution < 1.29 is 0 Å². The summed E-state index contributed by atoms with van der Waals surface area (Å²) in [5, 5.41) is 0. The largest absolute Gasteiger partial charge is 0.352 e. The quantitative estimate of drug-likeness (QED) is 0.362. The number of aromatic nitrogens is 5. The minimum atomic E-state index is -0.552. The highest BCUT2D eigenvalue weighted by atomic mass is 16.2. The third-order valence-electron chi connectivity index (χ3n) is 5.47. The van der Waals surface area contributed by atoms with E-state index in [9.17, 15) is 9.59 Å². The SMILES string of the molecule is CCCCCCCCCCCCn1c2nc(=O)n(C)c(=O)c-2nc2ncccc21. The number of rotatable bonds is 11. The van der Waals surface area contributed by atoms with Crippen LogP contribution in [0.1, 0.15) is 71.1 Å². The molecule has 156 valence electrons. The zero-order valence-electron chi connectivity index (χ0n) is 17.6. The van der Waals surface area contributed by atoms with Crippen LogP contribution in [-0.2, 0) is 13.6 Å². The van der Waals surface area contributed by atoms with Gasteiger partial charge in [-0.05, 0) is 18.6 Å². The predicted octanol–water partition coefficient (Wildman–Crippen LogP) is 3.91. The van der Waals surface area contributed by atoms with E-state index < -0.39 is 11.2 Å². The van der Waals surface area contributed by atoms with Gasteiger partial charge in [-0.1, -0.05) is 64.7 Å². The van der Waals surface area contributed by atoms with Crippen molar-refractivity contribution in [3.63, 3.8) is 0 Å². The molecule has 0 unspecified atom stereocenters. The maximum absolute atomic E-state index is 12.5. The Morgan fingerprint density at radius 3 is 2.24 bits per heavy atom. The van der Waals surface area contributed by atoms with E-state index in [1.807, 2.05) is 16.7 Å². The van der Waals surface area contributed by atoms with E-state index >= 15 is 0 Å². The van der Waals surface area contributed by atoms with Crippen molar-refractivity contribution in [2.24, 2.45) is 7.05 Å². The van der Waals surface area contributed by atoms with Crippen LogP contribution in [0.4, 0.5) is 0 Å². The summed E-state index contributed by atoms with van der Waals surface area (Å²) in [5.41, 5.74) is 0.528. The standard InChI is InChI=1S/C22H31N5O2/c1-3-4-5-6-7-8-9-10-11-12-16-27-17-14-13-15-23-19(17)24-18-20(27)25-22(29)26(2)21(18)28/h13-15H,3-12,16H2,1-2H3. The zero-order chi connectivity index (χ0) is 20.6. The molecule has 7 heteroatoms. The molecule has 0 N–H and O–H groups in total. The van der Waals surface area contributed by atoms with Gasteiger partial charge in [0.2, 0.25) is 0 Å². The van der Waals surface area contributed by atoms with Gasteiger partial charge in [0, 0.05) is 19.8 Å². The van der Waals surface area contributed by atoms with Gasteiger partial charge >= 0.3 is 5.69 Å². The highest BCUT2D eigenvalue weighted by Crippen LogP contribution is 2.20. The van der Waals surface area contributed by atoms with Gasteiger partial charge in [-0.2, -0.15) is 4.98 Å². The topological polar surface area (TPSA) is 82.7 Å². The van der Waals surface area contributed by atoms with Crippen LogP contribution < -0.4 is 11.2 Å². The molecule has 1 aromatic rings. The van der Waals surface area contributed by atoms with Crippen LogP contribution in [0.2, 0.25) is 0 Å². The van der Waals surface area contributed by atoms with Gasteiger partial charge in [0.15, 0.2) is 17.2 Å². The monoisotopic (exact) mass is 397 g/mol. The van der Waals surface area contributed by atoms with E-state index in [-0.39, 0.29) is 5.69 Å². The fourth-order valence-corrected chi connectivity index (χ4v) is 3.73. The molecular weight excluding hydrogens is 366 g/mol. The summed E-state index contributed by atoms with van der Waals surface area (Å²) >= 11 is 0. The Morgan fingerprint density at radius 1 is 0.897 bits per heavy atom. The Morgan fingerprint density at radius 2 is 1.55 bits per heavy atom. The first-order valence-corrected chi connectivity index (χ1v) is 10.9. The second-order valence-corrected chi connectivity index (χ2v) is 7.72. The highest BCUT2D eigenvalue weighted by Gasteiger charge is 2.20. The molecule has 0 saturated carbocycles. The van der Waals surface area contributed by atoms with Crippen LogP contribution in [0.25, 0.3) is 22.7 Å². The zero-order valence-corrected chi connectivity index (χ0v) is 17.6. The maximum atomic E-state index is 12.5. The average molecular weight is 398 g/mol. The number of unbranched alkanes of at least 4 members (excludes halogenated alkanes) is 9. The van der Waals surface area contributed by atoms with Crippen LogP contribution in [-0.4, -0.2) is 24.1 Å². The lowest BCUT2D eigenvalue weighted by molar-refractivity contribution is 0.536. The van der Waals surface area contributed by atoms with Crippen LogP contribution in [0.5, 0.6) is 0 Å². The van der Waals surface area contributed by atoms with E-state index in [1.54, 1.807) is 6.20 Å². The van der Waals surface area contributed by atoms with E-state index in [2.05, 4.69) is 21.9 Å². The van der Waals surface area contributed by atoms with E-state index in [0.717, 1.165) is 22.9 Å². The van der Waals surface area contributed by atoms with Crippen molar-refractivity contribution >= 4 is 11.2 Å². The molecule has 1 aromatic heterocycles. The first-order valence-electron chi connectivity index (χ1n) is 10.9. The summed E-state index contributed by atoms with van der Waals surface area (Å²) in [6.07, 6.45) is 14.2. The van der Waals surface area contributed by atoms with Crippen LogP contribution in [0, 0.1) is 0 Å². The number of hydrogen-bond acceptors (Lipinski definition) is 5. The molecule has 7 nitrogen and oxygen atoms in total. The summed E-state index contributed by atoms with van der Waals surface area (Å²) in [4.78, 5) is 37.4. The summed E-state index contributed by atoms with van der Waals surface area (Å²) < 4.78 is 2.92. The smallest absolute Gasteiger partial charge is 0.321 e. The molecule has 0 aliphatic carbocycles. The molecule has 2 aliphatic rings. The van der Waals surface area contributed by atoms with Crippen LogP contribution in [0.3, 0.4) is 0 Å². The first kappa shape index (κ1) is 21.1. The van der Waals surface area contributed by atoms with Crippen molar-refractivity contribution in [2.45, 2.75) is 77.7 Å². The number of nitrogens with zero attached hydrogens (tertiary/aromatic N) is 5. The van der Waals surface area contributed by atoms with Crippen LogP contribution >= 0.6 is 0 Å². The minimum absolute atomic E-state index is 0.199. The summed E-state index contributed by atoms with van der Waals surface area (Å²) in [7, 11) is 1.42. The Balaban J connectivity index is 1.67.